The second-order valence-electron chi connectivity index (χ2n) is 19.2. The highest BCUT2D eigenvalue weighted by molar-refractivity contribution is 5.98. The van der Waals surface area contributed by atoms with E-state index in [0.29, 0.717) is 68.0 Å². The normalized spacial score (nSPS) is 15.5. The minimum atomic E-state index is -1.04. The van der Waals surface area contributed by atoms with Gasteiger partial charge < -0.3 is 57.4 Å². The summed E-state index contributed by atoms with van der Waals surface area (Å²) in [7, 11) is 0. The molecule has 76 heavy (non-hydrogen) atoms. The Bertz CT molecular complexity index is 3080. The van der Waals surface area contributed by atoms with E-state index in [1.165, 1.54) is 23.4 Å². The van der Waals surface area contributed by atoms with Crippen LogP contribution in [0.4, 0.5) is 21.0 Å². The van der Waals surface area contributed by atoms with E-state index in [2.05, 4.69) is 53.0 Å². The number of hydrogen-bond acceptors (Lipinski definition) is 13. The number of rotatable bonds is 24. The third kappa shape index (κ3) is 14.1. The molecule has 398 valence electrons. The molecule has 2 aromatic carbocycles. The number of aromatic nitrogens is 6. The number of carbonyl (C=O) groups excluding carboxylic acids is 6. The van der Waals surface area contributed by atoms with Crippen molar-refractivity contribution in [3.8, 4) is 22.6 Å². The lowest BCUT2D eigenvalue weighted by Crippen LogP contribution is -2.54. The number of hydrogen-bond donors (Lipinski definition) is 9. The molecule has 6 aromatic rings. The van der Waals surface area contributed by atoms with Gasteiger partial charge in [0.2, 0.25) is 23.6 Å². The lowest BCUT2D eigenvalue weighted by Gasteiger charge is -2.25. The average Bonchev–Trinajstić information content (AvgIpc) is 4.24. The number of pyridine rings is 2. The number of carbonyl (C=O) groups is 6. The van der Waals surface area contributed by atoms with Gasteiger partial charge in [0, 0.05) is 54.4 Å². The van der Waals surface area contributed by atoms with Gasteiger partial charge in [-0.2, -0.15) is 5.10 Å². The number of nitrogens with zero attached hydrogens (tertiary/aromatic N) is 6. The molecule has 0 radical (unpaired) electrons. The Balaban J connectivity index is 0.816. The SMILES string of the molecule is Cc1cccc(-c2nc(CNc3ccc4c(c3)C(NC(=O)OCc3ccc(NC(=O)[C@H](CCCNC(N)=O)NC(=O)C(NC(=O)CCCCCN5C(=O)C=CC5O)C(C)C)cc3)CC4)[nH]c2-c2ccc3ncnn3c2)n1. The first-order valence-electron chi connectivity index (χ1n) is 25.5. The molecule has 0 bridgehead atoms. The highest BCUT2D eigenvalue weighted by atomic mass is 16.5. The summed E-state index contributed by atoms with van der Waals surface area (Å²) in [6.45, 7) is 6.39. The molecule has 8 rings (SSSR count). The Morgan fingerprint density at radius 2 is 1.75 bits per heavy atom. The molecular formula is C54H64N14O8. The first-order valence-corrected chi connectivity index (χ1v) is 25.5. The molecule has 5 heterocycles. The Morgan fingerprint density at radius 3 is 2.51 bits per heavy atom. The standard InChI is InChI=1S/C54H64N14O8/c1-32(2)48(66-45(69)12-5-4-6-26-67-46(70)23-24-47(67)71)52(73)62-42(11-8-25-56-53(55)74)51(72)61-37-18-13-34(14-19-37)30-76-54(75)63-40-21-16-35-15-20-38(27-39(35)40)57-28-43-64-49(36-17-22-44-58-31-59-68(44)29-36)50(65-43)41-10-7-9-33(3)60-41/h7,9-10,13-15,17-20,22-24,27,29,31-32,40,42,46,48,57,70H,4-6,8,11-12,16,21,25-26,28,30H2,1-3H3,(H,61,72)(H,62,73)(H,63,75)(H,64,65)(H,66,69)(H3,55,56,74)/t40?,42-,46?,48?/m0/s1. The number of aliphatic hydroxyl groups excluding tert-OH is 1. The summed E-state index contributed by atoms with van der Waals surface area (Å²) in [5, 5.41) is 31.6. The maximum atomic E-state index is 13.7. The fourth-order valence-electron chi connectivity index (χ4n) is 9.15. The van der Waals surface area contributed by atoms with Crippen molar-refractivity contribution in [2.75, 3.05) is 23.7 Å². The quantitative estimate of drug-likeness (QED) is 0.0348. The van der Waals surface area contributed by atoms with Crippen molar-refractivity contribution in [1.82, 2.24) is 55.7 Å². The van der Waals surface area contributed by atoms with Crippen molar-refractivity contribution in [1.29, 1.82) is 0 Å². The van der Waals surface area contributed by atoms with Crippen LogP contribution in [0.5, 0.6) is 0 Å². The van der Waals surface area contributed by atoms with Crippen LogP contribution in [0.2, 0.25) is 0 Å². The molecule has 3 unspecified atom stereocenters. The van der Waals surface area contributed by atoms with Gasteiger partial charge in [0.25, 0.3) is 0 Å². The summed E-state index contributed by atoms with van der Waals surface area (Å²) in [5.41, 5.74) is 14.1. The van der Waals surface area contributed by atoms with Crippen LogP contribution < -0.4 is 37.6 Å². The molecule has 0 saturated carbocycles. The molecule has 22 heteroatoms. The minimum absolute atomic E-state index is 0.0333. The number of primary amides is 1. The number of aromatic amines is 1. The smallest absolute Gasteiger partial charge is 0.407 e. The first-order chi connectivity index (χ1) is 36.7. The van der Waals surface area contributed by atoms with E-state index in [-0.39, 0.29) is 49.8 Å². The van der Waals surface area contributed by atoms with E-state index in [4.69, 9.17) is 20.4 Å². The van der Waals surface area contributed by atoms with Gasteiger partial charge in [-0.25, -0.2) is 24.1 Å². The molecule has 2 aliphatic rings. The topological polar surface area (TPSA) is 305 Å². The largest absolute Gasteiger partial charge is 0.445 e. The fraction of sp³-hybridized carbons (Fsp3) is 0.370. The maximum Gasteiger partial charge on any atom is 0.407 e. The lowest BCUT2D eigenvalue weighted by atomic mass is 10.0. The predicted molar refractivity (Wildman–Crippen MR) is 283 cm³/mol. The predicted octanol–water partition coefficient (Wildman–Crippen LogP) is 5.31. The van der Waals surface area contributed by atoms with Crippen molar-refractivity contribution in [2.45, 2.75) is 110 Å². The zero-order valence-corrected chi connectivity index (χ0v) is 42.7. The maximum absolute atomic E-state index is 13.7. The van der Waals surface area contributed by atoms with Crippen LogP contribution in [-0.2, 0) is 43.5 Å². The van der Waals surface area contributed by atoms with Gasteiger partial charge in [0.1, 0.15) is 42.8 Å². The van der Waals surface area contributed by atoms with Crippen LogP contribution in [0.3, 0.4) is 0 Å². The summed E-state index contributed by atoms with van der Waals surface area (Å²) < 4.78 is 7.35. The monoisotopic (exact) mass is 1040 g/mol. The number of nitrogens with one attached hydrogen (secondary N) is 7. The molecule has 22 nitrogen and oxygen atoms in total. The molecule has 4 atom stereocenters. The van der Waals surface area contributed by atoms with Crippen molar-refractivity contribution < 1.29 is 38.6 Å². The van der Waals surface area contributed by atoms with Crippen LogP contribution in [0.1, 0.15) is 93.0 Å². The van der Waals surface area contributed by atoms with Crippen molar-refractivity contribution in [3.05, 3.63) is 126 Å². The first kappa shape index (κ1) is 53.6. The second kappa shape index (κ2) is 25.0. The van der Waals surface area contributed by atoms with Crippen LogP contribution >= 0.6 is 0 Å². The van der Waals surface area contributed by atoms with Crippen molar-refractivity contribution >= 4 is 52.8 Å². The van der Waals surface area contributed by atoms with Gasteiger partial charge in [0.05, 0.1) is 24.0 Å². The minimum Gasteiger partial charge on any atom is -0.445 e. The number of nitrogens with two attached hydrogens (primary N) is 1. The Morgan fingerprint density at radius 1 is 0.934 bits per heavy atom. The van der Waals surface area contributed by atoms with Gasteiger partial charge >= 0.3 is 12.1 Å². The molecule has 1 aliphatic carbocycles. The zero-order valence-electron chi connectivity index (χ0n) is 42.7. The van der Waals surface area contributed by atoms with E-state index < -0.39 is 42.3 Å². The number of urea groups is 1. The molecule has 4 aromatic heterocycles. The fourth-order valence-corrected chi connectivity index (χ4v) is 9.15. The van der Waals surface area contributed by atoms with Gasteiger partial charge in [-0.1, -0.05) is 44.5 Å². The molecule has 7 amide bonds. The number of anilines is 2. The summed E-state index contributed by atoms with van der Waals surface area (Å²) in [6.07, 6.45) is 8.48. The van der Waals surface area contributed by atoms with Gasteiger partial charge in [0.15, 0.2) is 5.65 Å². The van der Waals surface area contributed by atoms with Crippen LogP contribution in [0, 0.1) is 12.8 Å². The number of aryl methyl sites for hydroxylation is 2. The third-order valence-corrected chi connectivity index (χ3v) is 13.2. The number of fused-ring (bicyclic) bond motifs is 2. The number of imidazole rings is 1. The van der Waals surface area contributed by atoms with Crippen LogP contribution in [-0.4, -0.2) is 107 Å². The third-order valence-electron chi connectivity index (χ3n) is 13.2. The molecule has 0 saturated heterocycles. The molecule has 0 fully saturated rings. The van der Waals surface area contributed by atoms with Gasteiger partial charge in [-0.3, -0.25) is 24.2 Å². The average molecular weight is 1040 g/mol. The molecular weight excluding hydrogens is 973 g/mol. The highest BCUT2D eigenvalue weighted by Gasteiger charge is 2.30. The lowest BCUT2D eigenvalue weighted by molar-refractivity contribution is -0.132. The van der Waals surface area contributed by atoms with Crippen LogP contribution in [0.15, 0.2) is 97.5 Å². The Labute approximate surface area is 439 Å². The van der Waals surface area contributed by atoms with E-state index in [0.717, 1.165) is 51.5 Å². The number of amides is 7. The van der Waals surface area contributed by atoms with Crippen molar-refractivity contribution in [3.63, 3.8) is 0 Å². The molecule has 1 aliphatic heterocycles. The zero-order chi connectivity index (χ0) is 53.7. The molecule has 10 N–H and O–H groups in total. The molecule has 0 spiro atoms. The van der Waals surface area contributed by atoms with Gasteiger partial charge in [-0.15, -0.1) is 0 Å². The summed E-state index contributed by atoms with van der Waals surface area (Å²) in [5.74, 6) is -1.27. The Kier molecular flexibility index (Phi) is 17.7. The van der Waals surface area contributed by atoms with Crippen molar-refractivity contribution in [2.24, 2.45) is 11.7 Å². The Hall–Kier alpha value is -8.66. The summed E-state index contributed by atoms with van der Waals surface area (Å²) in [6, 6.07) is 19.6. The van der Waals surface area contributed by atoms with E-state index >= 15 is 0 Å². The second-order valence-corrected chi connectivity index (χ2v) is 19.2. The van der Waals surface area contributed by atoms with E-state index in [9.17, 15) is 33.9 Å². The number of aliphatic hydroxyl groups is 1. The van der Waals surface area contributed by atoms with Crippen LogP contribution in [0.25, 0.3) is 28.3 Å². The van der Waals surface area contributed by atoms with E-state index in [1.807, 2.05) is 55.6 Å². The van der Waals surface area contributed by atoms with E-state index in [1.54, 1.807) is 42.6 Å². The number of benzene rings is 2. The number of H-pyrrole nitrogens is 1. The van der Waals surface area contributed by atoms with Gasteiger partial charge in [-0.05, 0) is 123 Å². The highest BCUT2D eigenvalue weighted by Crippen LogP contribution is 2.34. The summed E-state index contributed by atoms with van der Waals surface area (Å²) >= 11 is 0. The number of unbranched alkanes of at least 4 members (excludes halogenated alkanes) is 2. The number of alkyl carbamates (subject to hydrolysis) is 1. The number of ether oxygens (including phenoxy) is 1. The summed E-state index contributed by atoms with van der Waals surface area (Å²) in [4.78, 5) is 95.4.